The number of aromatic nitrogens is 2. The first-order valence-electron chi connectivity index (χ1n) is 8.29. The van der Waals surface area contributed by atoms with Crippen molar-refractivity contribution in [3.8, 4) is 0 Å². The summed E-state index contributed by atoms with van der Waals surface area (Å²) in [5.74, 6) is 0.690. The van der Waals surface area contributed by atoms with Gasteiger partial charge in [0.1, 0.15) is 11.8 Å². The number of fused-ring (bicyclic) bond motifs is 1. The van der Waals surface area contributed by atoms with Crippen LogP contribution < -0.4 is 11.1 Å². The highest BCUT2D eigenvalue weighted by Crippen LogP contribution is 2.41. The molecule has 0 radical (unpaired) electrons. The van der Waals surface area contributed by atoms with E-state index in [2.05, 4.69) is 27.1 Å². The number of anilines is 2. The van der Waals surface area contributed by atoms with Gasteiger partial charge in [-0.15, -0.1) is 0 Å². The Balaban J connectivity index is 1.82. The van der Waals surface area contributed by atoms with Crippen molar-refractivity contribution in [2.24, 2.45) is 0 Å². The summed E-state index contributed by atoms with van der Waals surface area (Å²) in [4.78, 5) is 12.4. The largest absolute Gasteiger partial charge is 0.393 e. The third kappa shape index (κ3) is 3.80. The van der Waals surface area contributed by atoms with Crippen molar-refractivity contribution in [2.45, 2.75) is 68.8 Å². The summed E-state index contributed by atoms with van der Waals surface area (Å²) < 4.78 is 11.9. The molecule has 4 atom stereocenters. The van der Waals surface area contributed by atoms with E-state index >= 15 is 0 Å². The zero-order chi connectivity index (χ0) is 18.2. The summed E-state index contributed by atoms with van der Waals surface area (Å²) in [6, 6.07) is -0.375. The number of thioether (sulfide) groups is 1. The third-order valence-electron chi connectivity index (χ3n) is 4.24. The van der Waals surface area contributed by atoms with E-state index in [1.165, 1.54) is 11.8 Å². The van der Waals surface area contributed by atoms with Gasteiger partial charge in [-0.05, 0) is 20.3 Å². The van der Waals surface area contributed by atoms with Gasteiger partial charge < -0.3 is 25.4 Å². The average molecular weight is 384 g/mol. The normalized spacial score (nSPS) is 30.0. The average Bonchev–Trinajstić information content (AvgIpc) is 3.03. The highest BCUT2D eigenvalue weighted by molar-refractivity contribution is 7.99. The van der Waals surface area contributed by atoms with Crippen LogP contribution in [0.25, 0.3) is 4.85 Å². The number of nitrogen functional groups attached to an aromatic ring is 1. The minimum Gasteiger partial charge on any atom is -0.393 e. The molecule has 1 saturated heterocycles. The zero-order valence-electron chi connectivity index (χ0n) is 14.5. The quantitative estimate of drug-likeness (QED) is 0.349. The van der Waals surface area contributed by atoms with Crippen molar-refractivity contribution in [2.75, 3.05) is 16.8 Å². The molecule has 0 bridgehead atoms. The summed E-state index contributed by atoms with van der Waals surface area (Å²) >= 11 is 7.69. The number of nitrogens with two attached hydrogens (primary N) is 1. The van der Waals surface area contributed by atoms with E-state index in [1.807, 2.05) is 13.8 Å². The predicted molar refractivity (Wildman–Crippen MR) is 98.7 cm³/mol. The summed E-state index contributed by atoms with van der Waals surface area (Å²) in [5.41, 5.74) is 6.36. The van der Waals surface area contributed by atoms with Crippen LogP contribution in [0.1, 0.15) is 33.6 Å². The summed E-state index contributed by atoms with van der Waals surface area (Å²) in [7, 11) is 0. The fraction of sp³-hybridized carbons (Fsp3) is 0.688. The van der Waals surface area contributed by atoms with Gasteiger partial charge in [-0.25, -0.2) is 16.5 Å². The molecule has 25 heavy (non-hydrogen) atoms. The van der Waals surface area contributed by atoms with E-state index in [4.69, 9.17) is 33.4 Å². The molecule has 1 saturated carbocycles. The molecule has 3 rings (SSSR count). The Kier molecular flexibility index (Phi) is 5.30. The smallest absolute Gasteiger partial charge is 0.254 e. The maximum Gasteiger partial charge on any atom is 0.254 e. The topological polar surface area (TPSA) is 86.7 Å². The molecule has 1 aromatic heterocycles. The molecule has 0 aromatic carbocycles. The Morgan fingerprint density at radius 1 is 1.40 bits per heavy atom. The predicted octanol–water partition coefficient (Wildman–Crippen LogP) is 3.21. The van der Waals surface area contributed by atoms with Gasteiger partial charge in [0.2, 0.25) is 0 Å². The Labute approximate surface area is 156 Å². The fourth-order valence-corrected chi connectivity index (χ4v) is 4.11. The number of hydrogen-bond acceptors (Lipinski definition) is 7. The van der Waals surface area contributed by atoms with E-state index < -0.39 is 5.79 Å². The molecule has 1 aliphatic heterocycles. The molecule has 1 aromatic rings. The van der Waals surface area contributed by atoms with Gasteiger partial charge in [-0.1, -0.05) is 30.3 Å². The highest BCUT2D eigenvalue weighted by Gasteiger charge is 2.57. The molecular weight excluding hydrogens is 362 g/mol. The van der Waals surface area contributed by atoms with Crippen LogP contribution in [0.5, 0.6) is 0 Å². The molecular formula is C16H22ClN5O2S. The van der Waals surface area contributed by atoms with Gasteiger partial charge in [0.05, 0.1) is 6.04 Å². The molecule has 0 amide bonds. The lowest BCUT2D eigenvalue weighted by molar-refractivity contribution is -0.152. The fourth-order valence-electron chi connectivity index (χ4n) is 3.19. The summed E-state index contributed by atoms with van der Waals surface area (Å²) in [6.07, 6.45) is 1.14. The van der Waals surface area contributed by atoms with Crippen LogP contribution in [0, 0.1) is 6.57 Å². The minimum absolute atomic E-state index is 0.122. The van der Waals surface area contributed by atoms with Crippen molar-refractivity contribution in [1.82, 2.24) is 9.97 Å². The molecule has 2 fully saturated rings. The van der Waals surface area contributed by atoms with Crippen LogP contribution in [0.4, 0.5) is 11.5 Å². The van der Waals surface area contributed by atoms with Gasteiger partial charge in [-0.3, -0.25) is 0 Å². The van der Waals surface area contributed by atoms with E-state index in [-0.39, 0.29) is 29.4 Å². The van der Waals surface area contributed by atoms with Crippen LogP contribution in [0.3, 0.4) is 0 Å². The number of nitrogens with one attached hydrogen (secondary N) is 1. The van der Waals surface area contributed by atoms with Crippen molar-refractivity contribution in [1.29, 1.82) is 0 Å². The second-order valence-electron chi connectivity index (χ2n) is 6.66. The number of nitrogens with zero attached hydrogens (tertiary/aromatic N) is 3. The molecule has 3 N–H and O–H groups in total. The van der Waals surface area contributed by atoms with Crippen molar-refractivity contribution in [3.63, 3.8) is 0 Å². The van der Waals surface area contributed by atoms with Crippen LogP contribution in [-0.2, 0) is 9.47 Å². The van der Waals surface area contributed by atoms with E-state index in [0.29, 0.717) is 23.1 Å². The first kappa shape index (κ1) is 18.5. The number of hydrogen-bond donors (Lipinski definition) is 2. The maximum absolute atomic E-state index is 7.42. The number of ether oxygens (including phenoxy) is 2. The third-order valence-corrected chi connectivity index (χ3v) is 5.58. The van der Waals surface area contributed by atoms with Crippen molar-refractivity contribution < 1.29 is 9.47 Å². The Bertz CT molecular complexity index is 696. The standard InChI is InChI=1S/C16H22ClN5O2S/c1-5-6-25-15-21-13(17)10(18)14(22-15)20-9-7-8(19-4)11-12(9)24-16(2,3)23-11/h8-9,11-12H,5-7,18H2,1-3H3,(H,20,21,22)/t8-,9+,11+,12-/m0/s1. The maximum atomic E-state index is 7.42. The monoisotopic (exact) mass is 383 g/mol. The second kappa shape index (κ2) is 7.16. The highest BCUT2D eigenvalue weighted by atomic mass is 35.5. The lowest BCUT2D eigenvalue weighted by Gasteiger charge is -2.23. The molecule has 1 aliphatic carbocycles. The Morgan fingerprint density at radius 3 is 2.80 bits per heavy atom. The van der Waals surface area contributed by atoms with Crippen LogP contribution >= 0.6 is 23.4 Å². The molecule has 136 valence electrons. The lowest BCUT2D eigenvalue weighted by atomic mass is 10.2. The van der Waals surface area contributed by atoms with Gasteiger partial charge in [0.25, 0.3) is 6.04 Å². The first-order valence-corrected chi connectivity index (χ1v) is 9.65. The van der Waals surface area contributed by atoms with Gasteiger partial charge >= 0.3 is 0 Å². The molecule has 7 nitrogen and oxygen atoms in total. The molecule has 0 spiro atoms. The van der Waals surface area contributed by atoms with Crippen LogP contribution in [0.15, 0.2) is 5.16 Å². The van der Waals surface area contributed by atoms with Crippen LogP contribution in [0.2, 0.25) is 5.15 Å². The summed E-state index contributed by atoms with van der Waals surface area (Å²) in [6.45, 7) is 13.2. The SMILES string of the molecule is [C-]#[N+][C@H]1C[C@@H](Nc2nc(SCCC)nc(Cl)c2N)[C@@H]2OC(C)(C)O[C@@H]21. The van der Waals surface area contributed by atoms with Gasteiger partial charge in [0, 0.05) is 12.2 Å². The summed E-state index contributed by atoms with van der Waals surface area (Å²) in [5, 5.41) is 4.14. The van der Waals surface area contributed by atoms with Gasteiger partial charge in [0.15, 0.2) is 28.0 Å². The molecule has 9 heteroatoms. The lowest BCUT2D eigenvalue weighted by Crippen LogP contribution is -2.35. The number of rotatable bonds is 5. The second-order valence-corrected chi connectivity index (χ2v) is 8.08. The van der Waals surface area contributed by atoms with Crippen molar-refractivity contribution in [3.05, 3.63) is 16.6 Å². The molecule has 2 heterocycles. The van der Waals surface area contributed by atoms with Gasteiger partial charge in [-0.2, -0.15) is 0 Å². The molecule has 0 unspecified atom stereocenters. The van der Waals surface area contributed by atoms with E-state index in [1.54, 1.807) is 0 Å². The Hall–Kier alpha value is -1.27. The minimum atomic E-state index is -0.699. The number of halogens is 1. The van der Waals surface area contributed by atoms with Crippen LogP contribution in [-0.4, -0.2) is 45.8 Å². The molecule has 2 aliphatic rings. The zero-order valence-corrected chi connectivity index (χ0v) is 16.0. The van der Waals surface area contributed by atoms with E-state index in [0.717, 1.165) is 12.2 Å². The van der Waals surface area contributed by atoms with Crippen molar-refractivity contribution >= 4 is 34.9 Å². The Morgan fingerprint density at radius 2 is 2.12 bits per heavy atom. The first-order chi connectivity index (χ1) is 11.8. The van der Waals surface area contributed by atoms with E-state index in [9.17, 15) is 0 Å².